The van der Waals surface area contributed by atoms with Crippen LogP contribution in [0.4, 0.5) is 0 Å². The van der Waals surface area contributed by atoms with Gasteiger partial charge in [0, 0.05) is 6.54 Å². The minimum absolute atomic E-state index is 0.552. The summed E-state index contributed by atoms with van der Waals surface area (Å²) in [5.41, 5.74) is 0.552. The molecule has 0 bridgehead atoms. The molecule has 0 aliphatic heterocycles. The minimum Gasteiger partial charge on any atom is -0.316 e. The first-order chi connectivity index (χ1) is 5.61. The molecule has 1 N–H and O–H groups in total. The molecule has 12 heavy (non-hydrogen) atoms. The molecule has 1 saturated carbocycles. The van der Waals surface area contributed by atoms with Crippen LogP contribution in [0.1, 0.15) is 40.5 Å². The van der Waals surface area contributed by atoms with Crippen LogP contribution in [0, 0.1) is 17.3 Å². The molecule has 0 radical (unpaired) electrons. The van der Waals surface area contributed by atoms with Crippen LogP contribution in [-0.4, -0.2) is 13.1 Å². The van der Waals surface area contributed by atoms with Gasteiger partial charge in [-0.05, 0) is 36.6 Å². The lowest BCUT2D eigenvalue weighted by molar-refractivity contribution is 0.173. The second-order valence-electron chi connectivity index (χ2n) is 4.72. The van der Waals surface area contributed by atoms with E-state index in [-0.39, 0.29) is 0 Å². The van der Waals surface area contributed by atoms with Crippen LogP contribution < -0.4 is 5.32 Å². The molecule has 1 rings (SSSR count). The maximum absolute atomic E-state index is 3.49. The SMILES string of the molecule is CCNCC(C)(C(C)C)C1CC1. The Morgan fingerprint density at radius 2 is 2.00 bits per heavy atom. The van der Waals surface area contributed by atoms with Gasteiger partial charge in [0.1, 0.15) is 0 Å². The van der Waals surface area contributed by atoms with E-state index in [9.17, 15) is 0 Å². The molecule has 0 saturated heterocycles. The molecule has 1 heteroatoms. The maximum atomic E-state index is 3.49. The first kappa shape index (κ1) is 10.0. The molecule has 1 unspecified atom stereocenters. The Hall–Kier alpha value is -0.0400. The van der Waals surface area contributed by atoms with E-state index >= 15 is 0 Å². The van der Waals surface area contributed by atoms with Crippen molar-refractivity contribution in [1.29, 1.82) is 0 Å². The number of nitrogens with one attached hydrogen (secondary N) is 1. The van der Waals surface area contributed by atoms with Gasteiger partial charge in [0.15, 0.2) is 0 Å². The molecule has 0 spiro atoms. The first-order valence-corrected chi connectivity index (χ1v) is 5.32. The normalized spacial score (nSPS) is 22.8. The third-order valence-electron chi connectivity index (χ3n) is 3.58. The van der Waals surface area contributed by atoms with Gasteiger partial charge in [-0.15, -0.1) is 0 Å². The Kier molecular flexibility index (Phi) is 3.16. The van der Waals surface area contributed by atoms with Gasteiger partial charge in [0.05, 0.1) is 0 Å². The van der Waals surface area contributed by atoms with Crippen LogP contribution >= 0.6 is 0 Å². The van der Waals surface area contributed by atoms with E-state index in [1.54, 1.807) is 0 Å². The summed E-state index contributed by atoms with van der Waals surface area (Å²) in [6.45, 7) is 11.7. The molecular formula is C11H23N. The summed E-state index contributed by atoms with van der Waals surface area (Å²) in [5.74, 6) is 1.81. The van der Waals surface area contributed by atoms with Crippen LogP contribution in [0.15, 0.2) is 0 Å². The highest BCUT2D eigenvalue weighted by atomic mass is 14.9. The summed E-state index contributed by atoms with van der Waals surface area (Å²) in [7, 11) is 0. The van der Waals surface area contributed by atoms with E-state index < -0.39 is 0 Å². The quantitative estimate of drug-likeness (QED) is 0.667. The van der Waals surface area contributed by atoms with Gasteiger partial charge in [-0.25, -0.2) is 0 Å². The van der Waals surface area contributed by atoms with E-state index in [4.69, 9.17) is 0 Å². The van der Waals surface area contributed by atoms with Crippen LogP contribution in [0.2, 0.25) is 0 Å². The Labute approximate surface area is 76.9 Å². The molecule has 1 atom stereocenters. The number of rotatable bonds is 5. The van der Waals surface area contributed by atoms with Crippen molar-refractivity contribution in [3.63, 3.8) is 0 Å². The van der Waals surface area contributed by atoms with Crippen molar-refractivity contribution in [2.75, 3.05) is 13.1 Å². The topological polar surface area (TPSA) is 12.0 Å². The molecule has 0 aromatic carbocycles. The lowest BCUT2D eigenvalue weighted by Gasteiger charge is -2.34. The van der Waals surface area contributed by atoms with Crippen molar-refractivity contribution in [2.24, 2.45) is 17.3 Å². The van der Waals surface area contributed by atoms with Crippen LogP contribution in [0.5, 0.6) is 0 Å². The van der Waals surface area contributed by atoms with Crippen molar-refractivity contribution in [1.82, 2.24) is 5.32 Å². The zero-order chi connectivity index (χ0) is 9.19. The Balaban J connectivity index is 2.46. The highest BCUT2D eigenvalue weighted by Crippen LogP contribution is 2.49. The fourth-order valence-corrected chi connectivity index (χ4v) is 1.96. The largest absolute Gasteiger partial charge is 0.316 e. The third-order valence-corrected chi connectivity index (χ3v) is 3.58. The van der Waals surface area contributed by atoms with Gasteiger partial charge in [-0.1, -0.05) is 27.7 Å². The average molecular weight is 169 g/mol. The summed E-state index contributed by atoms with van der Waals surface area (Å²) in [4.78, 5) is 0. The van der Waals surface area contributed by atoms with Gasteiger partial charge >= 0.3 is 0 Å². The first-order valence-electron chi connectivity index (χ1n) is 5.32. The summed E-state index contributed by atoms with van der Waals surface area (Å²) in [6.07, 6.45) is 2.92. The number of hydrogen-bond acceptors (Lipinski definition) is 1. The molecular weight excluding hydrogens is 146 g/mol. The Bertz CT molecular complexity index is 134. The van der Waals surface area contributed by atoms with Crippen molar-refractivity contribution in [3.05, 3.63) is 0 Å². The molecule has 1 nitrogen and oxygen atoms in total. The van der Waals surface area contributed by atoms with Crippen LogP contribution in [0.3, 0.4) is 0 Å². The summed E-state index contributed by atoms with van der Waals surface area (Å²) >= 11 is 0. The molecule has 0 heterocycles. The molecule has 1 aliphatic carbocycles. The summed E-state index contributed by atoms with van der Waals surface area (Å²) in [6, 6.07) is 0. The van der Waals surface area contributed by atoms with E-state index in [2.05, 4.69) is 33.0 Å². The third kappa shape index (κ3) is 2.01. The zero-order valence-corrected chi connectivity index (χ0v) is 8.98. The molecule has 72 valence electrons. The summed E-state index contributed by atoms with van der Waals surface area (Å²) < 4.78 is 0. The Morgan fingerprint density at radius 3 is 2.33 bits per heavy atom. The predicted octanol–water partition coefficient (Wildman–Crippen LogP) is 2.67. The predicted molar refractivity (Wildman–Crippen MR) is 54.2 cm³/mol. The van der Waals surface area contributed by atoms with Gasteiger partial charge in [-0.2, -0.15) is 0 Å². The van der Waals surface area contributed by atoms with Gasteiger partial charge < -0.3 is 5.32 Å². The standard InChI is InChI=1S/C11H23N/c1-5-12-8-11(4,9(2)3)10-6-7-10/h9-10,12H,5-8H2,1-4H3. The van der Waals surface area contributed by atoms with Gasteiger partial charge in [0.2, 0.25) is 0 Å². The average Bonchev–Trinajstić information content (AvgIpc) is 2.82. The van der Waals surface area contributed by atoms with Crippen molar-refractivity contribution in [2.45, 2.75) is 40.5 Å². The molecule has 0 amide bonds. The monoisotopic (exact) mass is 169 g/mol. The fourth-order valence-electron chi connectivity index (χ4n) is 1.96. The smallest absolute Gasteiger partial charge is 0.00102 e. The number of hydrogen-bond donors (Lipinski definition) is 1. The van der Waals surface area contributed by atoms with Crippen molar-refractivity contribution >= 4 is 0 Å². The van der Waals surface area contributed by atoms with Crippen molar-refractivity contribution < 1.29 is 0 Å². The minimum atomic E-state index is 0.552. The van der Waals surface area contributed by atoms with Gasteiger partial charge in [0.25, 0.3) is 0 Å². The van der Waals surface area contributed by atoms with Crippen LogP contribution in [-0.2, 0) is 0 Å². The van der Waals surface area contributed by atoms with E-state index in [1.807, 2.05) is 0 Å². The Morgan fingerprint density at radius 1 is 1.42 bits per heavy atom. The second-order valence-corrected chi connectivity index (χ2v) is 4.72. The summed E-state index contributed by atoms with van der Waals surface area (Å²) in [5, 5.41) is 3.49. The molecule has 0 aromatic rings. The lowest BCUT2D eigenvalue weighted by Crippen LogP contribution is -2.37. The van der Waals surface area contributed by atoms with E-state index in [0.717, 1.165) is 18.4 Å². The van der Waals surface area contributed by atoms with E-state index in [0.29, 0.717) is 5.41 Å². The molecule has 1 fully saturated rings. The lowest BCUT2D eigenvalue weighted by atomic mass is 9.74. The molecule has 1 aliphatic rings. The fraction of sp³-hybridized carbons (Fsp3) is 1.00. The maximum Gasteiger partial charge on any atom is 0.00102 e. The van der Waals surface area contributed by atoms with Crippen LogP contribution in [0.25, 0.3) is 0 Å². The second kappa shape index (κ2) is 3.78. The zero-order valence-electron chi connectivity index (χ0n) is 8.98. The van der Waals surface area contributed by atoms with Crippen molar-refractivity contribution in [3.8, 4) is 0 Å². The molecule has 0 aromatic heterocycles. The highest BCUT2D eigenvalue weighted by molar-refractivity contribution is 4.94. The van der Waals surface area contributed by atoms with E-state index in [1.165, 1.54) is 19.4 Å². The van der Waals surface area contributed by atoms with Gasteiger partial charge in [-0.3, -0.25) is 0 Å². The highest BCUT2D eigenvalue weighted by Gasteiger charge is 2.42.